The molecule has 0 spiro atoms. The maximum atomic E-state index is 6.35. The molecule has 0 aliphatic carbocycles. The van der Waals surface area contributed by atoms with Gasteiger partial charge in [0.2, 0.25) is 5.95 Å². The molecule has 4 rings (SSSR count). The highest BCUT2D eigenvalue weighted by molar-refractivity contribution is 6.74. The van der Waals surface area contributed by atoms with Crippen molar-refractivity contribution in [2.75, 3.05) is 12.4 Å². The molecule has 3 aromatic heterocycles. The fourth-order valence-electron chi connectivity index (χ4n) is 3.25. The van der Waals surface area contributed by atoms with E-state index in [1.807, 2.05) is 30.3 Å². The van der Waals surface area contributed by atoms with Gasteiger partial charge in [-0.1, -0.05) is 26.8 Å². The number of fused-ring (bicyclic) bond motifs is 1. The number of hydrogen-bond acceptors (Lipinski definition) is 6. The van der Waals surface area contributed by atoms with E-state index < -0.39 is 8.32 Å². The number of imidazole rings is 1. The molecule has 0 atom stereocenters. The average molecular weight is 462 g/mol. The number of nitrogens with zero attached hydrogens (tertiary/aromatic N) is 3. The smallest absolute Gasteiger partial charge is 0.206 e. The Hall–Kier alpha value is -3.23. The summed E-state index contributed by atoms with van der Waals surface area (Å²) in [6.45, 7) is 11.8. The fraction of sp³-hybridized carbons (Fsp3) is 0.320. The van der Waals surface area contributed by atoms with Gasteiger partial charge < -0.3 is 19.5 Å². The van der Waals surface area contributed by atoms with Crippen molar-refractivity contribution in [1.82, 2.24) is 19.9 Å². The SMILES string of the molecule is COc1cnccc1-c1ccc2nc(Nc3cc(CO[Si](C)(C)C(C)(C)C)ccn3)[nH]c2c1. The molecule has 1 aromatic carbocycles. The van der Waals surface area contributed by atoms with Gasteiger partial charge in [-0.2, -0.15) is 0 Å². The standard InChI is InChI=1S/C25H31N5O2Si/c1-25(2,3)33(5,6)32-16-17-9-12-27-23(13-17)30-24-28-20-8-7-18(14-21(20)29-24)19-10-11-26-15-22(19)31-4/h7-15H,16H2,1-6H3,(H2,27,28,29,30). The number of hydrogen-bond donors (Lipinski definition) is 2. The zero-order valence-electron chi connectivity index (χ0n) is 20.1. The number of anilines is 2. The summed E-state index contributed by atoms with van der Waals surface area (Å²) in [6, 6.07) is 12.0. The number of aromatic nitrogens is 4. The summed E-state index contributed by atoms with van der Waals surface area (Å²) in [6.07, 6.45) is 5.27. The number of benzene rings is 1. The first kappa shape index (κ1) is 22.9. The van der Waals surface area contributed by atoms with Crippen molar-refractivity contribution >= 4 is 31.1 Å². The van der Waals surface area contributed by atoms with Crippen molar-refractivity contribution in [2.24, 2.45) is 0 Å². The number of aromatic amines is 1. The zero-order valence-corrected chi connectivity index (χ0v) is 21.1. The third-order valence-corrected chi connectivity index (χ3v) is 10.8. The van der Waals surface area contributed by atoms with Gasteiger partial charge in [-0.25, -0.2) is 9.97 Å². The van der Waals surface area contributed by atoms with Gasteiger partial charge in [-0.3, -0.25) is 4.98 Å². The molecule has 0 unspecified atom stereocenters. The summed E-state index contributed by atoms with van der Waals surface area (Å²) in [4.78, 5) is 16.6. The van der Waals surface area contributed by atoms with E-state index in [1.54, 1.807) is 25.7 Å². The van der Waals surface area contributed by atoms with Crippen LogP contribution in [0.4, 0.5) is 11.8 Å². The van der Waals surface area contributed by atoms with E-state index >= 15 is 0 Å². The number of methoxy groups -OCH3 is 1. The Morgan fingerprint density at radius 3 is 2.64 bits per heavy atom. The molecular weight excluding hydrogens is 430 g/mol. The van der Waals surface area contributed by atoms with E-state index in [4.69, 9.17) is 9.16 Å². The minimum atomic E-state index is -1.81. The maximum absolute atomic E-state index is 6.35. The third-order valence-electron chi connectivity index (χ3n) is 6.27. The molecule has 33 heavy (non-hydrogen) atoms. The van der Waals surface area contributed by atoms with Gasteiger partial charge in [0.15, 0.2) is 8.32 Å². The lowest BCUT2D eigenvalue weighted by Crippen LogP contribution is -2.40. The Kier molecular flexibility index (Phi) is 6.23. The molecule has 0 radical (unpaired) electrons. The molecule has 0 fully saturated rings. The second-order valence-electron chi connectivity index (χ2n) is 9.62. The van der Waals surface area contributed by atoms with Crippen LogP contribution in [0.25, 0.3) is 22.2 Å². The minimum absolute atomic E-state index is 0.175. The molecule has 172 valence electrons. The first-order valence-electron chi connectivity index (χ1n) is 11.0. The third kappa shape index (κ3) is 5.07. The van der Waals surface area contributed by atoms with Gasteiger partial charge in [0, 0.05) is 18.0 Å². The van der Waals surface area contributed by atoms with E-state index in [0.717, 1.165) is 39.3 Å². The summed E-state index contributed by atoms with van der Waals surface area (Å²) >= 11 is 0. The highest BCUT2D eigenvalue weighted by Crippen LogP contribution is 2.37. The molecule has 8 heteroatoms. The maximum Gasteiger partial charge on any atom is 0.206 e. The Bertz CT molecular complexity index is 1260. The van der Waals surface area contributed by atoms with Gasteiger partial charge in [0.05, 0.1) is 30.9 Å². The second kappa shape index (κ2) is 8.96. The molecule has 0 aliphatic heterocycles. The van der Waals surface area contributed by atoms with Gasteiger partial charge >= 0.3 is 0 Å². The second-order valence-corrected chi connectivity index (χ2v) is 14.4. The normalized spacial score (nSPS) is 12.2. The molecule has 0 aliphatic rings. The Labute approximate surface area is 195 Å². The molecule has 3 heterocycles. The lowest BCUT2D eigenvalue weighted by Gasteiger charge is -2.36. The predicted molar refractivity (Wildman–Crippen MR) is 135 cm³/mol. The quantitative estimate of drug-likeness (QED) is 0.314. The average Bonchev–Trinajstić information content (AvgIpc) is 3.18. The first-order valence-corrected chi connectivity index (χ1v) is 13.9. The van der Waals surface area contributed by atoms with E-state index in [9.17, 15) is 0 Å². The topological polar surface area (TPSA) is 85.0 Å². The lowest BCUT2D eigenvalue weighted by atomic mass is 10.1. The highest BCUT2D eigenvalue weighted by Gasteiger charge is 2.37. The Morgan fingerprint density at radius 2 is 1.88 bits per heavy atom. The zero-order chi connectivity index (χ0) is 23.6. The molecule has 0 amide bonds. The van der Waals surface area contributed by atoms with Gasteiger partial charge in [0.25, 0.3) is 0 Å². The molecule has 0 saturated heterocycles. The van der Waals surface area contributed by atoms with Crippen LogP contribution >= 0.6 is 0 Å². The summed E-state index contributed by atoms with van der Waals surface area (Å²) in [5.74, 6) is 2.09. The van der Waals surface area contributed by atoms with Crippen LogP contribution in [0.15, 0.2) is 55.0 Å². The van der Waals surface area contributed by atoms with Crippen molar-refractivity contribution < 1.29 is 9.16 Å². The number of nitrogens with one attached hydrogen (secondary N) is 2. The number of H-pyrrole nitrogens is 1. The van der Waals surface area contributed by atoms with Crippen LogP contribution in [-0.2, 0) is 11.0 Å². The van der Waals surface area contributed by atoms with E-state index in [0.29, 0.717) is 12.6 Å². The summed E-state index contributed by atoms with van der Waals surface area (Å²) in [5.41, 5.74) is 4.88. The molecule has 7 nitrogen and oxygen atoms in total. The number of rotatable bonds is 7. The Balaban J connectivity index is 1.52. The van der Waals surface area contributed by atoms with E-state index in [-0.39, 0.29) is 5.04 Å². The molecule has 0 bridgehead atoms. The van der Waals surface area contributed by atoms with Crippen LogP contribution in [-0.4, -0.2) is 35.4 Å². The van der Waals surface area contributed by atoms with Crippen molar-refractivity contribution in [1.29, 1.82) is 0 Å². The van der Waals surface area contributed by atoms with Gasteiger partial charge in [0.1, 0.15) is 11.6 Å². The van der Waals surface area contributed by atoms with Crippen LogP contribution in [0.3, 0.4) is 0 Å². The van der Waals surface area contributed by atoms with Gasteiger partial charge in [-0.15, -0.1) is 0 Å². The van der Waals surface area contributed by atoms with Crippen LogP contribution in [0.5, 0.6) is 5.75 Å². The number of pyridine rings is 2. The van der Waals surface area contributed by atoms with Crippen molar-refractivity contribution in [3.05, 3.63) is 60.6 Å². The minimum Gasteiger partial charge on any atom is -0.494 e. The van der Waals surface area contributed by atoms with Gasteiger partial charge in [-0.05, 0) is 59.6 Å². The van der Waals surface area contributed by atoms with Crippen molar-refractivity contribution in [3.8, 4) is 16.9 Å². The van der Waals surface area contributed by atoms with Crippen LogP contribution in [0, 0.1) is 0 Å². The number of ether oxygens (including phenoxy) is 1. The van der Waals surface area contributed by atoms with E-state index in [2.05, 4.69) is 65.2 Å². The Morgan fingerprint density at radius 1 is 1.06 bits per heavy atom. The molecular formula is C25H31N5O2Si. The van der Waals surface area contributed by atoms with Crippen LogP contribution < -0.4 is 10.1 Å². The largest absolute Gasteiger partial charge is 0.494 e. The summed E-state index contributed by atoms with van der Waals surface area (Å²) in [5, 5.41) is 3.46. The summed E-state index contributed by atoms with van der Waals surface area (Å²) in [7, 11) is -0.165. The molecule has 4 aromatic rings. The first-order chi connectivity index (χ1) is 15.7. The highest BCUT2D eigenvalue weighted by atomic mass is 28.4. The summed E-state index contributed by atoms with van der Waals surface area (Å²) < 4.78 is 11.8. The fourth-order valence-corrected chi connectivity index (χ4v) is 4.21. The molecule has 0 saturated carbocycles. The van der Waals surface area contributed by atoms with Crippen molar-refractivity contribution in [3.63, 3.8) is 0 Å². The predicted octanol–water partition coefficient (Wildman–Crippen LogP) is 6.29. The van der Waals surface area contributed by atoms with E-state index in [1.165, 1.54) is 0 Å². The lowest BCUT2D eigenvalue weighted by molar-refractivity contribution is 0.276. The monoisotopic (exact) mass is 461 g/mol. The van der Waals surface area contributed by atoms with Crippen LogP contribution in [0.1, 0.15) is 26.3 Å². The van der Waals surface area contributed by atoms with Crippen LogP contribution in [0.2, 0.25) is 18.1 Å². The van der Waals surface area contributed by atoms with Crippen molar-refractivity contribution in [2.45, 2.75) is 45.5 Å². The molecule has 2 N–H and O–H groups in total.